The zero-order valence-corrected chi connectivity index (χ0v) is 12.6. The molecule has 0 unspecified atom stereocenters. The fourth-order valence-corrected chi connectivity index (χ4v) is 2.69. The highest BCUT2D eigenvalue weighted by molar-refractivity contribution is 5.58. The Morgan fingerprint density at radius 3 is 2.55 bits per heavy atom. The topological polar surface area (TPSA) is 41.7 Å². The van der Waals surface area contributed by atoms with Crippen molar-refractivity contribution in [2.24, 2.45) is 5.73 Å². The Labute approximate surface area is 122 Å². The number of ether oxygens (including phenoxy) is 1. The summed E-state index contributed by atoms with van der Waals surface area (Å²) in [4.78, 5) is 4.97. The van der Waals surface area contributed by atoms with Crippen molar-refractivity contribution in [1.82, 2.24) is 4.90 Å². The van der Waals surface area contributed by atoms with E-state index in [2.05, 4.69) is 28.0 Å². The van der Waals surface area contributed by atoms with Crippen molar-refractivity contribution in [1.29, 1.82) is 0 Å². The van der Waals surface area contributed by atoms with Gasteiger partial charge in [0.15, 0.2) is 0 Å². The van der Waals surface area contributed by atoms with Crippen molar-refractivity contribution >= 4 is 5.69 Å². The van der Waals surface area contributed by atoms with Crippen molar-refractivity contribution in [3.05, 3.63) is 24.3 Å². The number of rotatable bonds is 7. The normalized spacial score (nSPS) is 16.4. The molecule has 0 aromatic heterocycles. The molecule has 2 rings (SSSR count). The van der Waals surface area contributed by atoms with Gasteiger partial charge < -0.3 is 15.4 Å². The minimum absolute atomic E-state index is 0.718. The van der Waals surface area contributed by atoms with Crippen LogP contribution in [0.4, 0.5) is 5.69 Å². The third kappa shape index (κ3) is 4.12. The molecule has 1 aromatic carbocycles. The maximum absolute atomic E-state index is 5.73. The summed E-state index contributed by atoms with van der Waals surface area (Å²) in [5, 5.41) is 0. The molecule has 1 fully saturated rings. The molecule has 1 saturated heterocycles. The van der Waals surface area contributed by atoms with E-state index in [1.807, 2.05) is 13.0 Å². The molecular weight excluding hydrogens is 250 g/mol. The minimum Gasteiger partial charge on any atom is -0.492 e. The third-order valence-corrected chi connectivity index (χ3v) is 3.81. The first-order chi connectivity index (χ1) is 9.85. The number of hydrogen-bond donors (Lipinski definition) is 1. The first-order valence-corrected chi connectivity index (χ1v) is 7.74. The van der Waals surface area contributed by atoms with Crippen LogP contribution in [0.5, 0.6) is 5.75 Å². The number of nitrogens with two attached hydrogens (primary N) is 1. The molecule has 1 aliphatic rings. The molecule has 20 heavy (non-hydrogen) atoms. The second-order valence-electron chi connectivity index (χ2n) is 5.23. The summed E-state index contributed by atoms with van der Waals surface area (Å²) in [6, 6.07) is 8.35. The van der Waals surface area contributed by atoms with E-state index in [0.717, 1.165) is 51.5 Å². The van der Waals surface area contributed by atoms with Gasteiger partial charge in [0.2, 0.25) is 0 Å². The fraction of sp³-hybridized carbons (Fsp3) is 0.625. The van der Waals surface area contributed by atoms with Gasteiger partial charge in [-0.25, -0.2) is 0 Å². The second-order valence-corrected chi connectivity index (χ2v) is 5.23. The molecule has 0 radical (unpaired) electrons. The lowest BCUT2D eigenvalue weighted by Crippen LogP contribution is -2.46. The Balaban J connectivity index is 1.87. The fourth-order valence-electron chi connectivity index (χ4n) is 2.69. The molecule has 4 nitrogen and oxygen atoms in total. The van der Waals surface area contributed by atoms with Crippen LogP contribution in [-0.2, 0) is 0 Å². The van der Waals surface area contributed by atoms with Gasteiger partial charge in [-0.05, 0) is 45.0 Å². The predicted octanol–water partition coefficient (Wildman–Crippen LogP) is 1.95. The Kier molecular flexibility index (Phi) is 6.15. The molecular formula is C16H27N3O. The highest BCUT2D eigenvalue weighted by atomic mass is 16.5. The highest BCUT2D eigenvalue weighted by Gasteiger charge is 2.18. The van der Waals surface area contributed by atoms with Crippen LogP contribution in [0.2, 0.25) is 0 Å². The molecule has 0 atom stereocenters. The molecule has 2 N–H and O–H groups in total. The Hall–Kier alpha value is -1.26. The van der Waals surface area contributed by atoms with Gasteiger partial charge in [0.05, 0.1) is 12.3 Å². The smallest absolute Gasteiger partial charge is 0.142 e. The van der Waals surface area contributed by atoms with Crippen LogP contribution in [0.3, 0.4) is 0 Å². The van der Waals surface area contributed by atoms with E-state index >= 15 is 0 Å². The maximum atomic E-state index is 5.73. The van der Waals surface area contributed by atoms with Crippen molar-refractivity contribution in [3.8, 4) is 5.75 Å². The lowest BCUT2D eigenvalue weighted by Gasteiger charge is -2.36. The number of para-hydroxylation sites is 2. The van der Waals surface area contributed by atoms with E-state index < -0.39 is 0 Å². The first-order valence-electron chi connectivity index (χ1n) is 7.74. The maximum Gasteiger partial charge on any atom is 0.142 e. The van der Waals surface area contributed by atoms with E-state index in [4.69, 9.17) is 10.5 Å². The van der Waals surface area contributed by atoms with Gasteiger partial charge in [0, 0.05) is 26.2 Å². The van der Waals surface area contributed by atoms with E-state index in [0.29, 0.717) is 0 Å². The van der Waals surface area contributed by atoms with Gasteiger partial charge in [-0.1, -0.05) is 12.1 Å². The summed E-state index contributed by atoms with van der Waals surface area (Å²) < 4.78 is 5.73. The summed E-state index contributed by atoms with van der Waals surface area (Å²) in [5.74, 6) is 1.01. The summed E-state index contributed by atoms with van der Waals surface area (Å²) in [6.45, 7) is 9.15. The SMILES string of the molecule is CCOc1ccccc1N1CCN(CCCCN)CC1. The quantitative estimate of drug-likeness (QED) is 0.774. The van der Waals surface area contributed by atoms with Crippen LogP contribution in [0.15, 0.2) is 24.3 Å². The monoisotopic (exact) mass is 277 g/mol. The number of nitrogens with zero attached hydrogens (tertiary/aromatic N) is 2. The average Bonchev–Trinajstić information content (AvgIpc) is 2.49. The largest absolute Gasteiger partial charge is 0.492 e. The molecule has 0 amide bonds. The molecule has 4 heteroatoms. The van der Waals surface area contributed by atoms with Gasteiger partial charge >= 0.3 is 0 Å². The van der Waals surface area contributed by atoms with Crippen LogP contribution in [-0.4, -0.2) is 50.8 Å². The lowest BCUT2D eigenvalue weighted by atomic mass is 10.2. The Morgan fingerprint density at radius 1 is 1.10 bits per heavy atom. The number of piperazine rings is 1. The zero-order valence-electron chi connectivity index (χ0n) is 12.6. The average molecular weight is 277 g/mol. The van der Waals surface area contributed by atoms with Gasteiger partial charge in [-0.3, -0.25) is 4.90 Å². The van der Waals surface area contributed by atoms with Crippen LogP contribution >= 0.6 is 0 Å². The summed E-state index contributed by atoms with van der Waals surface area (Å²) in [6.07, 6.45) is 2.35. The number of anilines is 1. The van der Waals surface area contributed by atoms with Crippen molar-refractivity contribution in [2.75, 3.05) is 50.8 Å². The van der Waals surface area contributed by atoms with Crippen molar-refractivity contribution in [3.63, 3.8) is 0 Å². The molecule has 0 spiro atoms. The predicted molar refractivity (Wildman–Crippen MR) is 84.6 cm³/mol. The van der Waals surface area contributed by atoms with Gasteiger partial charge in [0.1, 0.15) is 5.75 Å². The molecule has 1 aliphatic heterocycles. The molecule has 1 aromatic rings. The lowest BCUT2D eigenvalue weighted by molar-refractivity contribution is 0.252. The summed E-state index contributed by atoms with van der Waals surface area (Å²) in [7, 11) is 0. The number of benzene rings is 1. The second kappa shape index (κ2) is 8.12. The highest BCUT2D eigenvalue weighted by Crippen LogP contribution is 2.28. The van der Waals surface area contributed by atoms with Gasteiger partial charge in [-0.2, -0.15) is 0 Å². The first kappa shape index (κ1) is 15.1. The standard InChI is InChI=1S/C16H27N3O/c1-2-20-16-8-4-3-7-15(16)19-13-11-18(12-14-19)10-6-5-9-17/h3-4,7-8H,2,5-6,9-14,17H2,1H3. The van der Waals surface area contributed by atoms with Gasteiger partial charge in [-0.15, -0.1) is 0 Å². The Bertz CT molecular complexity index is 389. The Morgan fingerprint density at radius 2 is 1.85 bits per heavy atom. The van der Waals surface area contributed by atoms with Crippen LogP contribution in [0, 0.1) is 0 Å². The number of hydrogen-bond acceptors (Lipinski definition) is 4. The zero-order chi connectivity index (χ0) is 14.2. The van der Waals surface area contributed by atoms with Crippen molar-refractivity contribution < 1.29 is 4.74 Å². The third-order valence-electron chi connectivity index (χ3n) is 3.81. The molecule has 112 valence electrons. The molecule has 1 heterocycles. The molecule has 0 aliphatic carbocycles. The summed E-state index contributed by atoms with van der Waals surface area (Å²) >= 11 is 0. The van der Waals surface area contributed by atoms with E-state index in [-0.39, 0.29) is 0 Å². The number of unbranched alkanes of at least 4 members (excludes halogenated alkanes) is 1. The van der Waals surface area contributed by atoms with Crippen LogP contribution in [0.25, 0.3) is 0 Å². The minimum atomic E-state index is 0.718. The van der Waals surface area contributed by atoms with Crippen LogP contribution in [0.1, 0.15) is 19.8 Å². The van der Waals surface area contributed by atoms with Crippen molar-refractivity contribution in [2.45, 2.75) is 19.8 Å². The van der Waals surface area contributed by atoms with E-state index in [1.54, 1.807) is 0 Å². The van der Waals surface area contributed by atoms with E-state index in [9.17, 15) is 0 Å². The summed E-state index contributed by atoms with van der Waals surface area (Å²) in [5.41, 5.74) is 6.78. The van der Waals surface area contributed by atoms with E-state index in [1.165, 1.54) is 18.7 Å². The molecule has 0 saturated carbocycles. The van der Waals surface area contributed by atoms with Gasteiger partial charge in [0.25, 0.3) is 0 Å². The van der Waals surface area contributed by atoms with Crippen LogP contribution < -0.4 is 15.4 Å². The molecule has 0 bridgehead atoms.